The summed E-state index contributed by atoms with van der Waals surface area (Å²) in [6.07, 6.45) is 0. The molecule has 0 bridgehead atoms. The first-order chi connectivity index (χ1) is 6.58. The van der Waals surface area contributed by atoms with Crippen LogP contribution in [0.3, 0.4) is 0 Å². The zero-order valence-corrected chi connectivity index (χ0v) is 8.69. The van der Waals surface area contributed by atoms with Crippen molar-refractivity contribution in [3.63, 3.8) is 0 Å². The lowest BCUT2D eigenvalue weighted by molar-refractivity contribution is 0.625. The molecule has 0 saturated carbocycles. The quantitative estimate of drug-likeness (QED) is 0.770. The fourth-order valence-electron chi connectivity index (χ4n) is 1.52. The van der Waals surface area contributed by atoms with Gasteiger partial charge in [0.1, 0.15) is 5.82 Å². The molecule has 2 nitrogen and oxygen atoms in total. The standard InChI is InChI=1S/C10H10ClFN2/c1-5(2)7-3-6(12)4-8-9(7)14-10(11)13-8/h3-5H,1-2H3,(H,13,14). The maximum Gasteiger partial charge on any atom is 0.201 e. The van der Waals surface area contributed by atoms with Gasteiger partial charge in [0.25, 0.3) is 0 Å². The molecule has 0 aliphatic rings. The minimum Gasteiger partial charge on any atom is -0.328 e. The first-order valence-corrected chi connectivity index (χ1v) is 4.80. The Kier molecular flexibility index (Phi) is 2.19. The normalized spacial score (nSPS) is 11.5. The molecule has 1 aromatic heterocycles. The van der Waals surface area contributed by atoms with Crippen molar-refractivity contribution in [1.82, 2.24) is 9.97 Å². The van der Waals surface area contributed by atoms with Crippen LogP contribution in [-0.2, 0) is 0 Å². The number of imidazole rings is 1. The second kappa shape index (κ2) is 3.24. The molecule has 0 unspecified atom stereocenters. The maximum absolute atomic E-state index is 13.2. The van der Waals surface area contributed by atoms with E-state index in [0.717, 1.165) is 11.1 Å². The topological polar surface area (TPSA) is 28.7 Å². The molecular formula is C10H10ClFN2. The summed E-state index contributed by atoms with van der Waals surface area (Å²) >= 11 is 5.72. The van der Waals surface area contributed by atoms with Crippen LogP contribution in [0.15, 0.2) is 12.1 Å². The van der Waals surface area contributed by atoms with Crippen molar-refractivity contribution in [2.24, 2.45) is 0 Å². The minimum atomic E-state index is -0.262. The molecule has 0 radical (unpaired) electrons. The lowest BCUT2D eigenvalue weighted by atomic mass is 10.0. The van der Waals surface area contributed by atoms with Crippen LogP contribution in [-0.4, -0.2) is 9.97 Å². The first kappa shape index (κ1) is 9.46. The van der Waals surface area contributed by atoms with E-state index in [0.29, 0.717) is 10.8 Å². The van der Waals surface area contributed by atoms with Crippen molar-refractivity contribution >= 4 is 22.6 Å². The second-order valence-electron chi connectivity index (χ2n) is 3.57. The Morgan fingerprint density at radius 3 is 2.79 bits per heavy atom. The van der Waals surface area contributed by atoms with Gasteiger partial charge in [-0.3, -0.25) is 0 Å². The van der Waals surface area contributed by atoms with Gasteiger partial charge in [-0.05, 0) is 35.2 Å². The van der Waals surface area contributed by atoms with E-state index in [1.165, 1.54) is 12.1 Å². The number of rotatable bonds is 1. The molecular weight excluding hydrogens is 203 g/mol. The predicted octanol–water partition coefficient (Wildman–Crippen LogP) is 3.48. The lowest BCUT2D eigenvalue weighted by Crippen LogP contribution is -1.91. The Bertz CT molecular complexity index is 476. The van der Waals surface area contributed by atoms with E-state index in [4.69, 9.17) is 11.6 Å². The Hall–Kier alpha value is -1.09. The third kappa shape index (κ3) is 1.48. The average molecular weight is 213 g/mol. The lowest BCUT2D eigenvalue weighted by Gasteiger charge is -2.05. The van der Waals surface area contributed by atoms with Gasteiger partial charge in [-0.25, -0.2) is 9.37 Å². The summed E-state index contributed by atoms with van der Waals surface area (Å²) in [7, 11) is 0. The van der Waals surface area contributed by atoms with Crippen LogP contribution in [0, 0.1) is 5.82 Å². The monoisotopic (exact) mass is 212 g/mol. The van der Waals surface area contributed by atoms with Crippen LogP contribution >= 0.6 is 11.6 Å². The molecule has 0 fully saturated rings. The molecule has 1 heterocycles. The third-order valence-electron chi connectivity index (χ3n) is 2.17. The van der Waals surface area contributed by atoms with Crippen molar-refractivity contribution in [1.29, 1.82) is 0 Å². The number of H-pyrrole nitrogens is 1. The van der Waals surface area contributed by atoms with E-state index < -0.39 is 0 Å². The molecule has 0 spiro atoms. The van der Waals surface area contributed by atoms with Crippen molar-refractivity contribution in [3.05, 3.63) is 28.8 Å². The Morgan fingerprint density at radius 1 is 1.43 bits per heavy atom. The molecule has 1 aromatic carbocycles. The van der Waals surface area contributed by atoms with E-state index in [9.17, 15) is 4.39 Å². The Labute approximate surface area is 86.1 Å². The molecule has 14 heavy (non-hydrogen) atoms. The molecule has 0 aliphatic carbocycles. The number of nitrogens with one attached hydrogen (secondary N) is 1. The van der Waals surface area contributed by atoms with E-state index in [1.807, 2.05) is 13.8 Å². The van der Waals surface area contributed by atoms with Crippen molar-refractivity contribution < 1.29 is 4.39 Å². The second-order valence-corrected chi connectivity index (χ2v) is 3.93. The molecule has 0 saturated heterocycles. The van der Waals surface area contributed by atoms with Crippen LogP contribution in [0.25, 0.3) is 11.0 Å². The molecule has 1 N–H and O–H groups in total. The van der Waals surface area contributed by atoms with Gasteiger partial charge in [-0.1, -0.05) is 13.8 Å². The zero-order valence-electron chi connectivity index (χ0n) is 7.94. The number of nitrogens with zero attached hydrogens (tertiary/aromatic N) is 1. The van der Waals surface area contributed by atoms with Gasteiger partial charge in [0.2, 0.25) is 5.28 Å². The summed E-state index contributed by atoms with van der Waals surface area (Å²) in [4.78, 5) is 6.93. The zero-order chi connectivity index (χ0) is 10.3. The highest BCUT2D eigenvalue weighted by atomic mass is 35.5. The van der Waals surface area contributed by atoms with Crippen LogP contribution in [0.1, 0.15) is 25.3 Å². The largest absolute Gasteiger partial charge is 0.328 e. The fourth-order valence-corrected chi connectivity index (χ4v) is 1.70. The first-order valence-electron chi connectivity index (χ1n) is 4.42. The van der Waals surface area contributed by atoms with Gasteiger partial charge in [0, 0.05) is 0 Å². The highest BCUT2D eigenvalue weighted by Crippen LogP contribution is 2.26. The van der Waals surface area contributed by atoms with Gasteiger partial charge in [-0.2, -0.15) is 0 Å². The van der Waals surface area contributed by atoms with Crippen molar-refractivity contribution in [3.8, 4) is 0 Å². The van der Waals surface area contributed by atoms with Crippen molar-refractivity contribution in [2.45, 2.75) is 19.8 Å². The summed E-state index contributed by atoms with van der Waals surface area (Å²) in [5.74, 6) is -0.0333. The third-order valence-corrected chi connectivity index (χ3v) is 2.35. The fraction of sp³-hybridized carbons (Fsp3) is 0.300. The molecule has 4 heteroatoms. The SMILES string of the molecule is CC(C)c1cc(F)cc2[nH]c(Cl)nc12. The van der Waals surface area contributed by atoms with Gasteiger partial charge < -0.3 is 4.98 Å². The molecule has 0 aliphatic heterocycles. The summed E-state index contributed by atoms with van der Waals surface area (Å²) in [5.41, 5.74) is 2.29. The number of fused-ring (bicyclic) bond motifs is 1. The van der Waals surface area contributed by atoms with Gasteiger partial charge in [0.15, 0.2) is 0 Å². The highest BCUT2D eigenvalue weighted by Gasteiger charge is 2.11. The van der Waals surface area contributed by atoms with E-state index in [1.54, 1.807) is 0 Å². The van der Waals surface area contributed by atoms with Crippen LogP contribution < -0.4 is 0 Å². The van der Waals surface area contributed by atoms with Crippen LogP contribution in [0.2, 0.25) is 5.28 Å². The van der Waals surface area contributed by atoms with E-state index >= 15 is 0 Å². The Morgan fingerprint density at radius 2 is 2.14 bits per heavy atom. The van der Waals surface area contributed by atoms with Crippen LogP contribution in [0.4, 0.5) is 4.39 Å². The van der Waals surface area contributed by atoms with Gasteiger partial charge in [-0.15, -0.1) is 0 Å². The predicted molar refractivity (Wildman–Crippen MR) is 55.2 cm³/mol. The molecule has 2 rings (SSSR count). The highest BCUT2D eigenvalue weighted by molar-refractivity contribution is 6.29. The molecule has 0 atom stereocenters. The van der Waals surface area contributed by atoms with Crippen LogP contribution in [0.5, 0.6) is 0 Å². The molecule has 74 valence electrons. The molecule has 0 amide bonds. The number of halogens is 2. The number of aromatic nitrogens is 2. The van der Waals surface area contributed by atoms with Gasteiger partial charge in [0.05, 0.1) is 11.0 Å². The summed E-state index contributed by atoms with van der Waals surface area (Å²) in [6, 6.07) is 2.91. The minimum absolute atomic E-state index is 0.229. The average Bonchev–Trinajstić information content (AvgIpc) is 2.42. The smallest absolute Gasteiger partial charge is 0.201 e. The number of hydrogen-bond acceptors (Lipinski definition) is 1. The molecule has 2 aromatic rings. The van der Waals surface area contributed by atoms with E-state index in [-0.39, 0.29) is 11.7 Å². The van der Waals surface area contributed by atoms with Gasteiger partial charge >= 0.3 is 0 Å². The summed E-state index contributed by atoms with van der Waals surface area (Å²) in [6.45, 7) is 3.99. The number of benzene rings is 1. The maximum atomic E-state index is 13.2. The number of aromatic amines is 1. The number of hydrogen-bond donors (Lipinski definition) is 1. The summed E-state index contributed by atoms with van der Waals surface area (Å²) in [5, 5.41) is 0.299. The summed E-state index contributed by atoms with van der Waals surface area (Å²) < 4.78 is 13.2. The van der Waals surface area contributed by atoms with E-state index in [2.05, 4.69) is 9.97 Å². The Balaban J connectivity index is 2.79. The van der Waals surface area contributed by atoms with Crippen molar-refractivity contribution in [2.75, 3.05) is 0 Å².